The van der Waals surface area contributed by atoms with Gasteiger partial charge in [0.15, 0.2) is 0 Å². The van der Waals surface area contributed by atoms with Crippen LogP contribution in [-0.2, 0) is 16.1 Å². The van der Waals surface area contributed by atoms with Gasteiger partial charge in [-0.1, -0.05) is 75.8 Å². The molecule has 1 atom stereocenters. The fourth-order valence-electron chi connectivity index (χ4n) is 2.37. The molecule has 0 spiro atoms. The molecule has 0 unspecified atom stereocenters. The first-order valence-corrected chi connectivity index (χ1v) is 8.15. The summed E-state index contributed by atoms with van der Waals surface area (Å²) in [6.07, 6.45) is 8.20. The summed E-state index contributed by atoms with van der Waals surface area (Å²) in [6, 6.07) is 10.00. The van der Waals surface area contributed by atoms with E-state index in [9.17, 15) is 4.79 Å². The van der Waals surface area contributed by atoms with E-state index in [0.29, 0.717) is 13.2 Å². The van der Waals surface area contributed by atoms with Gasteiger partial charge in [-0.2, -0.15) is 0 Å². The molecule has 118 valence electrons. The van der Waals surface area contributed by atoms with E-state index in [-0.39, 0.29) is 11.8 Å². The second kappa shape index (κ2) is 11.3. The molecule has 0 aromatic heterocycles. The van der Waals surface area contributed by atoms with E-state index >= 15 is 0 Å². The molecule has 0 heterocycles. The van der Waals surface area contributed by atoms with Crippen molar-refractivity contribution in [2.45, 2.75) is 58.5 Å². The Morgan fingerprint density at radius 3 is 2.43 bits per heavy atom. The molecule has 1 aromatic rings. The van der Waals surface area contributed by atoms with Crippen molar-refractivity contribution in [1.29, 1.82) is 0 Å². The van der Waals surface area contributed by atoms with E-state index < -0.39 is 0 Å². The van der Waals surface area contributed by atoms with Gasteiger partial charge in [-0.25, -0.2) is 0 Å². The minimum Gasteiger partial charge on any atom is -0.376 e. The molecule has 1 aromatic carbocycles. The maximum Gasteiger partial charge on any atom is 0.222 e. The fraction of sp³-hybridized carbons (Fsp3) is 0.611. The smallest absolute Gasteiger partial charge is 0.222 e. The van der Waals surface area contributed by atoms with E-state index in [2.05, 4.69) is 6.92 Å². The monoisotopic (exact) mass is 291 g/mol. The van der Waals surface area contributed by atoms with Crippen LogP contribution in [0.25, 0.3) is 0 Å². The predicted molar refractivity (Wildman–Crippen MR) is 86.8 cm³/mol. The third kappa shape index (κ3) is 8.51. The Balaban J connectivity index is 2.16. The number of primary amides is 1. The number of rotatable bonds is 12. The Labute approximate surface area is 128 Å². The van der Waals surface area contributed by atoms with Crippen molar-refractivity contribution in [3.8, 4) is 0 Å². The second-order valence-corrected chi connectivity index (χ2v) is 5.66. The minimum atomic E-state index is -0.239. The lowest BCUT2D eigenvalue weighted by Gasteiger charge is -2.13. The molecule has 0 radical (unpaired) electrons. The second-order valence-electron chi connectivity index (χ2n) is 5.66. The molecule has 1 rings (SSSR count). The number of carbonyl (C=O) groups excluding carboxylic acids is 1. The van der Waals surface area contributed by atoms with Gasteiger partial charge < -0.3 is 10.5 Å². The van der Waals surface area contributed by atoms with E-state index in [0.717, 1.165) is 18.4 Å². The Morgan fingerprint density at radius 1 is 1.10 bits per heavy atom. The van der Waals surface area contributed by atoms with Crippen LogP contribution >= 0.6 is 0 Å². The fourth-order valence-corrected chi connectivity index (χ4v) is 2.37. The number of ether oxygens (including phenoxy) is 1. The highest BCUT2D eigenvalue weighted by Gasteiger charge is 2.15. The molecule has 0 saturated carbocycles. The predicted octanol–water partition coefficient (Wildman–Crippen LogP) is 4.06. The number of hydrogen-bond acceptors (Lipinski definition) is 2. The molecular weight excluding hydrogens is 262 g/mol. The molecule has 2 N–H and O–H groups in total. The van der Waals surface area contributed by atoms with Gasteiger partial charge in [0.2, 0.25) is 5.91 Å². The van der Waals surface area contributed by atoms with Gasteiger partial charge in [-0.15, -0.1) is 0 Å². The van der Waals surface area contributed by atoms with Crippen molar-refractivity contribution in [1.82, 2.24) is 0 Å². The van der Waals surface area contributed by atoms with Gasteiger partial charge in [-0.05, 0) is 12.0 Å². The van der Waals surface area contributed by atoms with Gasteiger partial charge in [0.25, 0.3) is 0 Å². The van der Waals surface area contributed by atoms with Crippen LogP contribution in [-0.4, -0.2) is 12.5 Å². The van der Waals surface area contributed by atoms with Gasteiger partial charge in [0.1, 0.15) is 0 Å². The van der Waals surface area contributed by atoms with E-state index in [4.69, 9.17) is 10.5 Å². The molecule has 0 aliphatic rings. The number of nitrogens with two attached hydrogens (primary N) is 1. The lowest BCUT2D eigenvalue weighted by Crippen LogP contribution is -2.27. The SMILES string of the molecule is CCCCCCCC[C@H](COCc1ccccc1)C(N)=O. The molecule has 0 bridgehead atoms. The summed E-state index contributed by atoms with van der Waals surface area (Å²) in [7, 11) is 0. The van der Waals surface area contributed by atoms with E-state index in [1.54, 1.807) is 0 Å². The molecule has 3 nitrogen and oxygen atoms in total. The minimum absolute atomic E-state index is 0.153. The van der Waals surface area contributed by atoms with Crippen LogP contribution in [0.4, 0.5) is 0 Å². The Hall–Kier alpha value is -1.35. The summed E-state index contributed by atoms with van der Waals surface area (Å²) in [4.78, 5) is 11.5. The summed E-state index contributed by atoms with van der Waals surface area (Å²) in [5.41, 5.74) is 6.58. The van der Waals surface area contributed by atoms with Crippen LogP contribution in [0.1, 0.15) is 57.4 Å². The zero-order chi connectivity index (χ0) is 15.3. The highest BCUT2D eigenvalue weighted by atomic mass is 16.5. The lowest BCUT2D eigenvalue weighted by atomic mass is 10.0. The molecular formula is C18H29NO2. The summed E-state index contributed by atoms with van der Waals surface area (Å²) < 4.78 is 5.64. The third-order valence-electron chi connectivity index (χ3n) is 3.74. The largest absolute Gasteiger partial charge is 0.376 e. The van der Waals surface area contributed by atoms with Crippen LogP contribution in [0.15, 0.2) is 30.3 Å². The van der Waals surface area contributed by atoms with Gasteiger partial charge >= 0.3 is 0 Å². The lowest BCUT2D eigenvalue weighted by molar-refractivity contribution is -0.124. The van der Waals surface area contributed by atoms with Crippen LogP contribution in [0.5, 0.6) is 0 Å². The average Bonchev–Trinajstić information content (AvgIpc) is 2.49. The summed E-state index contributed by atoms with van der Waals surface area (Å²) >= 11 is 0. The molecule has 3 heteroatoms. The van der Waals surface area contributed by atoms with Crippen molar-refractivity contribution >= 4 is 5.91 Å². The third-order valence-corrected chi connectivity index (χ3v) is 3.74. The van der Waals surface area contributed by atoms with Crippen LogP contribution in [0.2, 0.25) is 0 Å². The van der Waals surface area contributed by atoms with Gasteiger partial charge in [0, 0.05) is 0 Å². The van der Waals surface area contributed by atoms with Crippen LogP contribution in [0, 0.1) is 5.92 Å². The number of hydrogen-bond donors (Lipinski definition) is 1. The summed E-state index contributed by atoms with van der Waals surface area (Å²) in [5.74, 6) is -0.392. The number of benzene rings is 1. The summed E-state index contributed by atoms with van der Waals surface area (Å²) in [5, 5.41) is 0. The first-order valence-electron chi connectivity index (χ1n) is 8.15. The Morgan fingerprint density at radius 2 is 1.76 bits per heavy atom. The standard InChI is InChI=1S/C18H29NO2/c1-2-3-4-5-6-10-13-17(18(19)20)15-21-14-16-11-8-7-9-12-16/h7-9,11-12,17H,2-6,10,13-15H2,1H3,(H2,19,20)/t17-/m1/s1. The first-order chi connectivity index (χ1) is 10.2. The zero-order valence-electron chi connectivity index (χ0n) is 13.2. The highest BCUT2D eigenvalue weighted by molar-refractivity contribution is 5.76. The van der Waals surface area contributed by atoms with E-state index in [1.165, 1.54) is 32.1 Å². The maximum atomic E-state index is 11.5. The first kappa shape index (κ1) is 17.7. The normalized spacial score (nSPS) is 12.2. The summed E-state index contributed by atoms with van der Waals surface area (Å²) in [6.45, 7) is 3.19. The molecule has 0 saturated heterocycles. The van der Waals surface area contributed by atoms with Gasteiger partial charge in [0.05, 0.1) is 19.1 Å². The van der Waals surface area contributed by atoms with Gasteiger partial charge in [-0.3, -0.25) is 4.79 Å². The molecule has 0 fully saturated rings. The quantitative estimate of drug-likeness (QED) is 0.590. The average molecular weight is 291 g/mol. The molecule has 0 aliphatic carbocycles. The number of unbranched alkanes of at least 4 members (excludes halogenated alkanes) is 5. The Bertz CT molecular complexity index is 378. The number of amides is 1. The Kier molecular flexibility index (Phi) is 9.55. The zero-order valence-corrected chi connectivity index (χ0v) is 13.2. The van der Waals surface area contributed by atoms with E-state index in [1.807, 2.05) is 30.3 Å². The molecule has 1 amide bonds. The topological polar surface area (TPSA) is 52.3 Å². The van der Waals surface area contributed by atoms with Crippen LogP contribution in [0.3, 0.4) is 0 Å². The van der Waals surface area contributed by atoms with Crippen molar-refractivity contribution in [3.63, 3.8) is 0 Å². The van der Waals surface area contributed by atoms with Crippen molar-refractivity contribution in [3.05, 3.63) is 35.9 Å². The van der Waals surface area contributed by atoms with Crippen molar-refractivity contribution in [2.24, 2.45) is 11.7 Å². The number of carbonyl (C=O) groups is 1. The van der Waals surface area contributed by atoms with Crippen molar-refractivity contribution < 1.29 is 9.53 Å². The molecule has 21 heavy (non-hydrogen) atoms. The van der Waals surface area contributed by atoms with Crippen LogP contribution < -0.4 is 5.73 Å². The highest BCUT2D eigenvalue weighted by Crippen LogP contribution is 2.13. The molecule has 0 aliphatic heterocycles. The van der Waals surface area contributed by atoms with Crippen molar-refractivity contribution in [2.75, 3.05) is 6.61 Å². The maximum absolute atomic E-state index is 11.5.